The van der Waals surface area contributed by atoms with Gasteiger partial charge < -0.3 is 0 Å². The third kappa shape index (κ3) is 1.94. The van der Waals surface area contributed by atoms with Gasteiger partial charge in [0, 0.05) is 34.3 Å². The van der Waals surface area contributed by atoms with Gasteiger partial charge in [-0.2, -0.15) is 0 Å². The largest absolute Gasteiger partial charge is 0.263 e. The van der Waals surface area contributed by atoms with Crippen molar-refractivity contribution >= 4 is 18.1 Å². The number of para-hydroxylation sites is 1. The molecule has 0 saturated carbocycles. The van der Waals surface area contributed by atoms with E-state index in [-0.39, 0.29) is 0 Å². The Kier molecular flexibility index (Phi) is 2.95. The molecule has 0 aromatic heterocycles. The summed E-state index contributed by atoms with van der Waals surface area (Å²) >= 11 is 0. The maximum absolute atomic E-state index is 4.81. The Bertz CT molecular complexity index is 860. The van der Waals surface area contributed by atoms with Crippen molar-refractivity contribution in [3.8, 4) is 11.1 Å². The molecule has 4 rings (SSSR count). The number of aryl methyl sites for hydroxylation is 1. The van der Waals surface area contributed by atoms with Gasteiger partial charge in [-0.3, -0.25) is 4.99 Å². The van der Waals surface area contributed by atoms with Crippen molar-refractivity contribution in [2.24, 2.45) is 9.98 Å². The molecule has 0 unspecified atom stereocenters. The highest BCUT2D eigenvalue weighted by molar-refractivity contribution is 5.97. The lowest BCUT2D eigenvalue weighted by molar-refractivity contribution is 0.715. The average Bonchev–Trinajstić information content (AvgIpc) is 3.10. The Balaban J connectivity index is 1.89. The maximum atomic E-state index is 4.81. The highest BCUT2D eigenvalue weighted by atomic mass is 14.8. The number of aliphatic imine (C=N–C) groups is 1. The molecule has 2 aromatic rings. The Morgan fingerprint density at radius 2 is 2.00 bits per heavy atom. The smallest absolute Gasteiger partial charge is 0.0726 e. The van der Waals surface area contributed by atoms with Crippen molar-refractivity contribution in [3.63, 3.8) is 0 Å². The minimum atomic E-state index is 1.08. The van der Waals surface area contributed by atoms with Gasteiger partial charge in [0.1, 0.15) is 0 Å². The van der Waals surface area contributed by atoms with Crippen LogP contribution in [0.4, 0.5) is 5.69 Å². The number of unbranched alkanes of at least 4 members (excludes halogenated alkanes) is 2. The topological polar surface area (TPSA) is 24.7 Å². The van der Waals surface area contributed by atoms with Crippen LogP contribution in [0.25, 0.3) is 17.3 Å². The van der Waals surface area contributed by atoms with E-state index < -0.39 is 0 Å². The molecular formula is C19H18N2. The standard InChI is InChI=1S/C19H18N2/c1-2-3-4-7-13-10-18-19(16-12-20-11-15(13)16)14-8-5-6-9-17(14)21-18/h5-6,8-12H,2-4,7H2,1H3. The number of nitrogens with zero attached hydrogens (tertiary/aromatic N) is 2. The van der Waals surface area contributed by atoms with E-state index in [0.717, 1.165) is 17.5 Å². The first-order valence-corrected chi connectivity index (χ1v) is 7.76. The molecule has 0 saturated heterocycles. The van der Waals surface area contributed by atoms with E-state index in [1.54, 1.807) is 0 Å². The van der Waals surface area contributed by atoms with Gasteiger partial charge in [-0.15, -0.1) is 0 Å². The van der Waals surface area contributed by atoms with Crippen LogP contribution < -0.4 is 10.6 Å². The van der Waals surface area contributed by atoms with Crippen LogP contribution in [0.5, 0.6) is 0 Å². The van der Waals surface area contributed by atoms with Gasteiger partial charge in [0.25, 0.3) is 0 Å². The second-order valence-electron chi connectivity index (χ2n) is 5.75. The van der Waals surface area contributed by atoms with E-state index in [1.807, 2.05) is 12.4 Å². The highest BCUT2D eigenvalue weighted by Gasteiger charge is 2.20. The normalized spacial score (nSPS) is 13.4. The molecule has 2 nitrogen and oxygen atoms in total. The lowest BCUT2D eigenvalue weighted by atomic mass is 9.94. The minimum Gasteiger partial charge on any atom is -0.263 e. The molecule has 21 heavy (non-hydrogen) atoms. The first-order chi connectivity index (χ1) is 10.4. The third-order valence-corrected chi connectivity index (χ3v) is 4.34. The van der Waals surface area contributed by atoms with Crippen molar-refractivity contribution < 1.29 is 0 Å². The molecule has 2 aliphatic rings. The Hall–Kier alpha value is -2.22. The second-order valence-corrected chi connectivity index (χ2v) is 5.75. The van der Waals surface area contributed by atoms with Crippen LogP contribution in [0, 0.1) is 0 Å². The average molecular weight is 274 g/mol. The van der Waals surface area contributed by atoms with Crippen LogP contribution >= 0.6 is 0 Å². The summed E-state index contributed by atoms with van der Waals surface area (Å²) in [7, 11) is 0. The fourth-order valence-electron chi connectivity index (χ4n) is 3.29. The Morgan fingerprint density at radius 1 is 1.10 bits per heavy atom. The minimum absolute atomic E-state index is 1.08. The van der Waals surface area contributed by atoms with Gasteiger partial charge in [0.15, 0.2) is 0 Å². The second kappa shape index (κ2) is 4.96. The molecule has 0 bridgehead atoms. The van der Waals surface area contributed by atoms with Crippen molar-refractivity contribution in [1.82, 2.24) is 0 Å². The molecule has 104 valence electrons. The Morgan fingerprint density at radius 3 is 2.90 bits per heavy atom. The van der Waals surface area contributed by atoms with E-state index in [4.69, 9.17) is 4.99 Å². The number of benzene rings is 2. The number of rotatable bonds is 4. The monoisotopic (exact) mass is 274 g/mol. The molecule has 2 aromatic carbocycles. The van der Waals surface area contributed by atoms with Crippen LogP contribution in [-0.2, 0) is 6.42 Å². The Labute approximate surface area is 124 Å². The van der Waals surface area contributed by atoms with Crippen LogP contribution in [0.15, 0.2) is 40.3 Å². The zero-order valence-corrected chi connectivity index (χ0v) is 12.3. The molecule has 0 spiro atoms. The molecule has 2 heterocycles. The molecular weight excluding hydrogens is 256 g/mol. The SMILES string of the molecule is CCCCCc1cc2c(c3c1=CN=C3)-c1ccccc1N=2. The van der Waals surface area contributed by atoms with Crippen molar-refractivity contribution in [2.45, 2.75) is 32.6 Å². The van der Waals surface area contributed by atoms with Crippen LogP contribution in [0.2, 0.25) is 0 Å². The summed E-state index contributed by atoms with van der Waals surface area (Å²) < 4.78 is 0. The maximum Gasteiger partial charge on any atom is 0.0726 e. The van der Waals surface area contributed by atoms with Crippen molar-refractivity contribution in [1.29, 1.82) is 0 Å². The van der Waals surface area contributed by atoms with Crippen molar-refractivity contribution in [2.75, 3.05) is 0 Å². The zero-order valence-electron chi connectivity index (χ0n) is 12.3. The third-order valence-electron chi connectivity index (χ3n) is 4.34. The fraction of sp³-hybridized carbons (Fsp3) is 0.263. The quantitative estimate of drug-likeness (QED) is 0.650. The van der Waals surface area contributed by atoms with E-state index in [0.29, 0.717) is 0 Å². The molecule has 0 atom stereocenters. The summed E-state index contributed by atoms with van der Waals surface area (Å²) in [5, 5.41) is 2.42. The van der Waals surface area contributed by atoms with Gasteiger partial charge in [0.05, 0.1) is 11.0 Å². The first-order valence-electron chi connectivity index (χ1n) is 7.76. The number of fused-ring (bicyclic) bond motifs is 5. The summed E-state index contributed by atoms with van der Waals surface area (Å²) in [4.78, 5) is 9.20. The van der Waals surface area contributed by atoms with Gasteiger partial charge >= 0.3 is 0 Å². The highest BCUT2D eigenvalue weighted by Crippen LogP contribution is 2.33. The number of hydrogen-bond donors (Lipinski definition) is 0. The lowest BCUT2D eigenvalue weighted by Gasteiger charge is -2.07. The zero-order chi connectivity index (χ0) is 14.2. The molecule has 2 heteroatoms. The van der Waals surface area contributed by atoms with Gasteiger partial charge in [0.2, 0.25) is 0 Å². The lowest BCUT2D eigenvalue weighted by Crippen LogP contribution is -2.20. The van der Waals surface area contributed by atoms with Gasteiger partial charge in [-0.25, -0.2) is 4.99 Å². The molecule has 0 fully saturated rings. The van der Waals surface area contributed by atoms with Gasteiger partial charge in [-0.05, 0) is 30.5 Å². The molecule has 2 aliphatic heterocycles. The van der Waals surface area contributed by atoms with E-state index >= 15 is 0 Å². The molecule has 0 amide bonds. The summed E-state index contributed by atoms with van der Waals surface area (Å²) in [6.07, 6.45) is 8.90. The van der Waals surface area contributed by atoms with Crippen LogP contribution in [0.1, 0.15) is 37.3 Å². The van der Waals surface area contributed by atoms with E-state index in [9.17, 15) is 0 Å². The summed E-state index contributed by atoms with van der Waals surface area (Å²) in [6.45, 7) is 2.24. The summed E-state index contributed by atoms with van der Waals surface area (Å²) in [5.41, 5.74) is 6.24. The first kappa shape index (κ1) is 12.5. The van der Waals surface area contributed by atoms with Crippen LogP contribution in [0.3, 0.4) is 0 Å². The van der Waals surface area contributed by atoms with E-state index in [2.05, 4.69) is 42.2 Å². The van der Waals surface area contributed by atoms with E-state index in [1.165, 1.54) is 46.7 Å². The fourth-order valence-corrected chi connectivity index (χ4v) is 3.29. The van der Waals surface area contributed by atoms with Crippen LogP contribution in [-0.4, -0.2) is 6.21 Å². The molecule has 0 aliphatic carbocycles. The van der Waals surface area contributed by atoms with Crippen molar-refractivity contribution in [3.05, 3.63) is 52.0 Å². The molecule has 0 N–H and O–H groups in total. The molecule has 0 radical (unpaired) electrons. The predicted octanol–water partition coefficient (Wildman–Crippen LogP) is 3.52. The van der Waals surface area contributed by atoms with Gasteiger partial charge in [-0.1, -0.05) is 38.0 Å². The number of hydrogen-bond acceptors (Lipinski definition) is 2. The summed E-state index contributed by atoms with van der Waals surface area (Å²) in [5.74, 6) is 0. The summed E-state index contributed by atoms with van der Waals surface area (Å²) in [6, 6.07) is 10.7. The predicted molar refractivity (Wildman–Crippen MR) is 87.6 cm³/mol.